The van der Waals surface area contributed by atoms with Crippen molar-refractivity contribution < 1.29 is 8.42 Å². The Labute approximate surface area is 159 Å². The fourth-order valence-electron chi connectivity index (χ4n) is 3.22. The quantitative estimate of drug-likeness (QED) is 0.657. The van der Waals surface area contributed by atoms with Crippen molar-refractivity contribution in [1.82, 2.24) is 9.71 Å². The third-order valence-corrected chi connectivity index (χ3v) is 6.00. The van der Waals surface area contributed by atoms with Crippen LogP contribution in [0.5, 0.6) is 0 Å². The summed E-state index contributed by atoms with van der Waals surface area (Å²) in [4.78, 5) is 15.1. The molecule has 0 saturated heterocycles. The molecule has 1 aromatic heterocycles. The molecule has 1 heterocycles. The molecule has 3 aromatic rings. The minimum Gasteiger partial charge on any atom is -0.322 e. The van der Waals surface area contributed by atoms with E-state index in [-0.39, 0.29) is 17.9 Å². The Morgan fingerprint density at radius 3 is 2.52 bits per heavy atom. The van der Waals surface area contributed by atoms with Crippen LogP contribution in [0.15, 0.2) is 53.3 Å². The number of aromatic nitrogens is 1. The fourth-order valence-corrected chi connectivity index (χ4v) is 4.26. The highest BCUT2D eigenvalue weighted by Gasteiger charge is 2.12. The van der Waals surface area contributed by atoms with Crippen molar-refractivity contribution >= 4 is 20.9 Å². The van der Waals surface area contributed by atoms with Crippen LogP contribution in [0.2, 0.25) is 0 Å². The number of aromatic amines is 1. The molecule has 2 aromatic carbocycles. The lowest BCUT2D eigenvalue weighted by Gasteiger charge is -2.09. The number of fused-ring (bicyclic) bond motifs is 1. The lowest BCUT2D eigenvalue weighted by molar-refractivity contribution is 0.578. The standard InChI is InChI=1S/C21H24N2O3S/c1-15-11-16(2)19-13-18(21(24)23-20(19)12-15)14-22-27(25,26)10-6-9-17-7-4-3-5-8-17/h3-5,7-8,11-13,22H,6,9-10,14H2,1-2H3,(H,23,24). The summed E-state index contributed by atoms with van der Waals surface area (Å²) in [6, 6.07) is 15.5. The summed E-state index contributed by atoms with van der Waals surface area (Å²) in [6.07, 6.45) is 1.24. The number of aryl methyl sites for hydroxylation is 3. The van der Waals surface area contributed by atoms with Gasteiger partial charge in [-0.05, 0) is 55.5 Å². The Kier molecular flexibility index (Phi) is 5.77. The van der Waals surface area contributed by atoms with Crippen LogP contribution >= 0.6 is 0 Å². The molecule has 3 rings (SSSR count). The fraction of sp³-hybridized carbons (Fsp3) is 0.286. The number of hydrogen-bond acceptors (Lipinski definition) is 3. The van der Waals surface area contributed by atoms with Crippen LogP contribution in [0.3, 0.4) is 0 Å². The maximum absolute atomic E-state index is 12.3. The van der Waals surface area contributed by atoms with Gasteiger partial charge in [0.25, 0.3) is 5.56 Å². The molecular formula is C21H24N2O3S. The number of benzene rings is 2. The van der Waals surface area contributed by atoms with E-state index in [1.807, 2.05) is 56.3 Å². The molecule has 0 bridgehead atoms. The highest BCUT2D eigenvalue weighted by Crippen LogP contribution is 2.18. The molecule has 0 aliphatic rings. The second-order valence-electron chi connectivity index (χ2n) is 6.90. The Morgan fingerprint density at radius 2 is 1.78 bits per heavy atom. The second-order valence-corrected chi connectivity index (χ2v) is 8.82. The van der Waals surface area contributed by atoms with E-state index < -0.39 is 10.0 Å². The van der Waals surface area contributed by atoms with Crippen molar-refractivity contribution in [3.05, 3.63) is 81.1 Å². The van der Waals surface area contributed by atoms with E-state index in [2.05, 4.69) is 9.71 Å². The number of rotatable bonds is 7. The first kappa shape index (κ1) is 19.3. The molecule has 27 heavy (non-hydrogen) atoms. The summed E-state index contributed by atoms with van der Waals surface area (Å²) in [7, 11) is -3.44. The molecule has 0 spiro atoms. The number of hydrogen-bond donors (Lipinski definition) is 2. The van der Waals surface area contributed by atoms with Crippen LogP contribution in [0, 0.1) is 13.8 Å². The van der Waals surface area contributed by atoms with E-state index in [9.17, 15) is 13.2 Å². The first-order valence-electron chi connectivity index (χ1n) is 8.98. The number of sulfonamides is 1. The average Bonchev–Trinajstić information content (AvgIpc) is 2.61. The highest BCUT2D eigenvalue weighted by atomic mass is 32.2. The zero-order valence-corrected chi connectivity index (χ0v) is 16.4. The summed E-state index contributed by atoms with van der Waals surface area (Å²) in [5.41, 5.74) is 4.16. The topological polar surface area (TPSA) is 79.0 Å². The number of pyridine rings is 1. The third-order valence-electron chi connectivity index (χ3n) is 4.59. The Balaban J connectivity index is 1.66. The molecule has 0 atom stereocenters. The lowest BCUT2D eigenvalue weighted by atomic mass is 10.0. The molecular weight excluding hydrogens is 360 g/mol. The molecule has 0 amide bonds. The Hall–Kier alpha value is -2.44. The van der Waals surface area contributed by atoms with Gasteiger partial charge in [-0.15, -0.1) is 0 Å². The largest absolute Gasteiger partial charge is 0.322 e. The van der Waals surface area contributed by atoms with Gasteiger partial charge in [-0.3, -0.25) is 4.79 Å². The van der Waals surface area contributed by atoms with Gasteiger partial charge in [-0.25, -0.2) is 13.1 Å². The maximum Gasteiger partial charge on any atom is 0.252 e. The molecule has 6 heteroatoms. The van der Waals surface area contributed by atoms with Crippen molar-refractivity contribution in [1.29, 1.82) is 0 Å². The Bertz CT molecular complexity index is 1100. The zero-order chi connectivity index (χ0) is 19.4. The molecule has 0 fully saturated rings. The van der Waals surface area contributed by atoms with Crippen LogP contribution < -0.4 is 10.3 Å². The third kappa shape index (κ3) is 5.05. The van der Waals surface area contributed by atoms with Gasteiger partial charge in [0.1, 0.15) is 0 Å². The van der Waals surface area contributed by atoms with Gasteiger partial charge >= 0.3 is 0 Å². The van der Waals surface area contributed by atoms with Crippen molar-refractivity contribution in [2.75, 3.05) is 5.75 Å². The molecule has 0 radical (unpaired) electrons. The SMILES string of the molecule is Cc1cc(C)c2cc(CNS(=O)(=O)CCCc3ccccc3)c(=O)[nH]c2c1. The van der Waals surface area contributed by atoms with Crippen molar-refractivity contribution in [3.63, 3.8) is 0 Å². The summed E-state index contributed by atoms with van der Waals surface area (Å²) in [5.74, 6) is 0.0333. The Morgan fingerprint density at radius 1 is 1.04 bits per heavy atom. The highest BCUT2D eigenvalue weighted by molar-refractivity contribution is 7.89. The van der Waals surface area contributed by atoms with Gasteiger partial charge in [0.15, 0.2) is 0 Å². The van der Waals surface area contributed by atoms with Gasteiger partial charge in [-0.2, -0.15) is 0 Å². The van der Waals surface area contributed by atoms with E-state index in [4.69, 9.17) is 0 Å². The van der Waals surface area contributed by atoms with Crippen LogP contribution in [0.4, 0.5) is 0 Å². The van der Waals surface area contributed by atoms with Gasteiger partial charge in [0, 0.05) is 23.0 Å². The van der Waals surface area contributed by atoms with Crippen LogP contribution in [-0.2, 0) is 23.0 Å². The number of H-pyrrole nitrogens is 1. The molecule has 0 aliphatic carbocycles. The van der Waals surface area contributed by atoms with Gasteiger partial charge < -0.3 is 4.98 Å². The van der Waals surface area contributed by atoms with Crippen molar-refractivity contribution in [2.24, 2.45) is 0 Å². The predicted octanol–water partition coefficient (Wildman–Crippen LogP) is 3.20. The summed E-state index contributed by atoms with van der Waals surface area (Å²) < 4.78 is 27.1. The van der Waals surface area contributed by atoms with Crippen molar-refractivity contribution in [2.45, 2.75) is 33.2 Å². The van der Waals surface area contributed by atoms with E-state index in [1.165, 1.54) is 0 Å². The minimum absolute atomic E-state index is 0.00768. The lowest BCUT2D eigenvalue weighted by Crippen LogP contribution is -2.29. The van der Waals surface area contributed by atoms with Gasteiger partial charge in [-0.1, -0.05) is 36.4 Å². The van der Waals surface area contributed by atoms with Crippen LogP contribution in [-0.4, -0.2) is 19.2 Å². The molecule has 0 unspecified atom stereocenters. The van der Waals surface area contributed by atoms with E-state index in [1.54, 1.807) is 6.07 Å². The smallest absolute Gasteiger partial charge is 0.252 e. The first-order valence-corrected chi connectivity index (χ1v) is 10.6. The van der Waals surface area contributed by atoms with Crippen LogP contribution in [0.1, 0.15) is 28.7 Å². The molecule has 0 saturated carbocycles. The maximum atomic E-state index is 12.3. The van der Waals surface area contributed by atoms with Gasteiger partial charge in [0.2, 0.25) is 10.0 Å². The first-order chi connectivity index (χ1) is 12.8. The summed E-state index contributed by atoms with van der Waals surface area (Å²) in [5, 5.41) is 0.929. The number of nitrogens with one attached hydrogen (secondary N) is 2. The zero-order valence-electron chi connectivity index (χ0n) is 15.6. The van der Waals surface area contributed by atoms with Crippen molar-refractivity contribution in [3.8, 4) is 0 Å². The van der Waals surface area contributed by atoms with Crippen LogP contribution in [0.25, 0.3) is 10.9 Å². The monoisotopic (exact) mass is 384 g/mol. The second kappa shape index (κ2) is 8.06. The summed E-state index contributed by atoms with van der Waals surface area (Å²) >= 11 is 0. The normalized spacial score (nSPS) is 11.8. The predicted molar refractivity (Wildman–Crippen MR) is 109 cm³/mol. The molecule has 5 nitrogen and oxygen atoms in total. The van der Waals surface area contributed by atoms with E-state index >= 15 is 0 Å². The van der Waals surface area contributed by atoms with E-state index in [0.29, 0.717) is 18.4 Å². The summed E-state index contributed by atoms with van der Waals surface area (Å²) in [6.45, 7) is 3.94. The van der Waals surface area contributed by atoms with Gasteiger partial charge in [0.05, 0.1) is 5.75 Å². The molecule has 2 N–H and O–H groups in total. The van der Waals surface area contributed by atoms with E-state index in [0.717, 1.165) is 27.6 Å². The average molecular weight is 385 g/mol. The molecule has 0 aliphatic heterocycles. The minimum atomic E-state index is -3.44. The molecule has 142 valence electrons.